The van der Waals surface area contributed by atoms with Crippen LogP contribution in [0.2, 0.25) is 0 Å². The minimum Gasteiger partial charge on any atom is -0.480 e. The number of carbonyl (C=O) groups is 5. The highest BCUT2D eigenvalue weighted by Gasteiger charge is 2.62. The van der Waals surface area contributed by atoms with E-state index in [4.69, 9.17) is 15.9 Å². The van der Waals surface area contributed by atoms with Crippen molar-refractivity contribution in [3.05, 3.63) is 0 Å². The fourth-order valence-corrected chi connectivity index (χ4v) is 11.0. The maximum absolute atomic E-state index is 13.0. The Balaban J connectivity index is 1.31. The average Bonchev–Trinajstić information content (AvgIpc) is 3.37. The van der Waals surface area contributed by atoms with Crippen molar-refractivity contribution in [2.24, 2.45) is 52.1 Å². The number of fused-ring (bicyclic) bond motifs is 5. The predicted octanol–water partition coefficient (Wildman–Crippen LogP) is 2.53. The number of carboxylic acid groups (broad SMARTS) is 2. The van der Waals surface area contributed by atoms with Crippen molar-refractivity contribution in [3.63, 3.8) is 0 Å². The molecule has 4 rings (SSSR count). The summed E-state index contributed by atoms with van der Waals surface area (Å²) in [6, 6.07) is -2.41. The number of aliphatic hydroxyl groups is 2. The van der Waals surface area contributed by atoms with Crippen LogP contribution in [-0.4, -0.2) is 85.9 Å². The van der Waals surface area contributed by atoms with E-state index in [9.17, 15) is 34.2 Å². The van der Waals surface area contributed by atoms with Crippen LogP contribution in [0.4, 0.5) is 0 Å². The molecule has 0 aliphatic heterocycles. The van der Waals surface area contributed by atoms with Gasteiger partial charge >= 0.3 is 11.9 Å². The van der Waals surface area contributed by atoms with Crippen LogP contribution in [0, 0.1) is 46.3 Å². The van der Waals surface area contributed by atoms with Crippen LogP contribution in [0.25, 0.3) is 0 Å². The number of nitrogens with one attached hydrogen (secondary N) is 2. The third-order valence-electron chi connectivity index (χ3n) is 12.7. The minimum atomic E-state index is -1.25. The summed E-state index contributed by atoms with van der Waals surface area (Å²) >= 11 is 0.919. The van der Waals surface area contributed by atoms with Crippen molar-refractivity contribution in [3.8, 4) is 0 Å². The Kier molecular flexibility index (Phi) is 12.4. The molecule has 0 unspecified atom stereocenters. The molecule has 4 fully saturated rings. The first-order chi connectivity index (χ1) is 22.1. The summed E-state index contributed by atoms with van der Waals surface area (Å²) in [5.41, 5.74) is 5.72. The van der Waals surface area contributed by atoms with Gasteiger partial charge in [0.2, 0.25) is 11.8 Å². The molecule has 0 bridgehead atoms. The number of amides is 2. The zero-order chi connectivity index (χ0) is 34.7. The van der Waals surface area contributed by atoms with Crippen LogP contribution in [-0.2, 0) is 24.0 Å². The van der Waals surface area contributed by atoms with Crippen molar-refractivity contribution < 1.29 is 44.4 Å². The molecule has 4 aliphatic carbocycles. The van der Waals surface area contributed by atoms with Crippen molar-refractivity contribution in [2.45, 2.75) is 122 Å². The summed E-state index contributed by atoms with van der Waals surface area (Å²) in [5, 5.41) is 44.3. The molecule has 12 atom stereocenters. The zero-order valence-corrected chi connectivity index (χ0v) is 28.8. The molecule has 4 saturated carbocycles. The molecule has 4 aliphatic rings. The van der Waals surface area contributed by atoms with Crippen molar-refractivity contribution in [2.75, 3.05) is 12.3 Å². The molecule has 0 heterocycles. The number of aliphatic carboxylic acids is 2. The van der Waals surface area contributed by atoms with Crippen LogP contribution in [0.5, 0.6) is 0 Å². The summed E-state index contributed by atoms with van der Waals surface area (Å²) in [4.78, 5) is 59.9. The quantitative estimate of drug-likeness (QED) is 0.141. The lowest BCUT2D eigenvalue weighted by Gasteiger charge is -2.62. The standard InChI is InChI=1S/C34H55N3O9S/c1-18(4-9-29(43)47-17-25(31(44)36-16-28(41)42)37-27(40)8-7-24(35)32(45)46)21-5-6-22-30-23(11-13-34(21,22)3)33(2)12-10-20(38)14-19(33)15-26(30)39/h18-26,30,38-39H,4-17,35H2,1-3H3,(H,36,44)(H,37,40)(H,41,42)(H,45,46)/t18-,19+,20-,21-,22+,23+,24+,25+,26-,30+,33+,34-/m1/s1. The van der Waals surface area contributed by atoms with Crippen molar-refractivity contribution in [1.82, 2.24) is 10.6 Å². The smallest absolute Gasteiger partial charge is 0.322 e. The fraction of sp³-hybridized carbons (Fsp3) is 0.853. The van der Waals surface area contributed by atoms with E-state index in [0.717, 1.165) is 63.1 Å². The van der Waals surface area contributed by atoms with Crippen LogP contribution in [0.3, 0.4) is 0 Å². The highest BCUT2D eigenvalue weighted by atomic mass is 32.2. The molecule has 0 aromatic rings. The molecule has 0 radical (unpaired) electrons. The lowest BCUT2D eigenvalue weighted by molar-refractivity contribution is -0.174. The number of aliphatic hydroxyl groups excluding tert-OH is 2. The molecule has 0 aromatic carbocycles. The van der Waals surface area contributed by atoms with E-state index < -0.39 is 42.4 Å². The minimum absolute atomic E-state index is 0.0869. The number of nitrogens with two attached hydrogens (primary N) is 1. The second kappa shape index (κ2) is 15.6. The number of carboxylic acids is 2. The Morgan fingerprint density at radius 1 is 0.915 bits per heavy atom. The maximum atomic E-state index is 13.0. The molecule has 8 N–H and O–H groups in total. The molecule has 266 valence electrons. The van der Waals surface area contributed by atoms with E-state index in [1.165, 1.54) is 0 Å². The van der Waals surface area contributed by atoms with E-state index in [-0.39, 0.29) is 58.6 Å². The molecule has 13 heteroatoms. The van der Waals surface area contributed by atoms with Gasteiger partial charge in [0.25, 0.3) is 0 Å². The number of rotatable bonds is 14. The van der Waals surface area contributed by atoms with Gasteiger partial charge in [-0.15, -0.1) is 0 Å². The van der Waals surface area contributed by atoms with E-state index >= 15 is 0 Å². The third-order valence-corrected chi connectivity index (χ3v) is 13.7. The number of thioether (sulfide) groups is 1. The summed E-state index contributed by atoms with van der Waals surface area (Å²) in [6.07, 6.45) is 7.82. The van der Waals surface area contributed by atoms with Crippen LogP contribution >= 0.6 is 11.8 Å². The molecule has 0 aromatic heterocycles. The van der Waals surface area contributed by atoms with E-state index in [2.05, 4.69) is 31.4 Å². The van der Waals surface area contributed by atoms with Gasteiger partial charge in [-0.2, -0.15) is 0 Å². The first-order valence-corrected chi connectivity index (χ1v) is 18.3. The third kappa shape index (κ3) is 8.51. The van der Waals surface area contributed by atoms with Gasteiger partial charge in [-0.1, -0.05) is 32.5 Å². The highest BCUT2D eigenvalue weighted by molar-refractivity contribution is 8.13. The van der Waals surface area contributed by atoms with E-state index in [0.29, 0.717) is 36.5 Å². The monoisotopic (exact) mass is 681 g/mol. The Morgan fingerprint density at radius 3 is 2.28 bits per heavy atom. The van der Waals surface area contributed by atoms with Gasteiger partial charge in [-0.05, 0) is 111 Å². The first-order valence-electron chi connectivity index (χ1n) is 17.4. The first kappa shape index (κ1) is 37.6. The second-order valence-electron chi connectivity index (χ2n) is 15.4. The molecule has 0 spiro atoms. The fourth-order valence-electron chi connectivity index (χ4n) is 10.1. The number of hydrogen-bond acceptors (Lipinski definition) is 9. The van der Waals surface area contributed by atoms with Gasteiger partial charge in [-0.25, -0.2) is 0 Å². The SMILES string of the molecule is C[C@H](CCC(=O)SC[C@H](NC(=O)CC[C@H](N)C(=O)O)C(=O)NCC(=O)O)[C@H]1CC[C@H]2[C@@H]3[C@H](O)C[C@@H]4C[C@H](O)CC[C@]4(C)[C@H]3CC[C@]12C. The Labute approximate surface area is 281 Å². The van der Waals surface area contributed by atoms with Gasteiger partial charge < -0.3 is 36.8 Å². The lowest BCUT2D eigenvalue weighted by atomic mass is 9.43. The van der Waals surface area contributed by atoms with Crippen molar-refractivity contribution in [1.29, 1.82) is 0 Å². The Hall–Kier alpha value is -2.22. The van der Waals surface area contributed by atoms with E-state index in [1.54, 1.807) is 0 Å². The summed E-state index contributed by atoms with van der Waals surface area (Å²) in [6.45, 7) is 6.38. The summed E-state index contributed by atoms with van der Waals surface area (Å²) in [7, 11) is 0. The second-order valence-corrected chi connectivity index (χ2v) is 16.4. The zero-order valence-electron chi connectivity index (χ0n) is 28.0. The van der Waals surface area contributed by atoms with Gasteiger partial charge in [0.15, 0.2) is 5.12 Å². The van der Waals surface area contributed by atoms with Crippen molar-refractivity contribution >= 4 is 40.6 Å². The maximum Gasteiger partial charge on any atom is 0.322 e. The summed E-state index contributed by atoms with van der Waals surface area (Å²) < 4.78 is 0. The summed E-state index contributed by atoms with van der Waals surface area (Å²) in [5.74, 6) is -1.67. The average molecular weight is 682 g/mol. The van der Waals surface area contributed by atoms with Crippen LogP contribution < -0.4 is 16.4 Å². The van der Waals surface area contributed by atoms with Gasteiger partial charge in [-0.3, -0.25) is 24.0 Å². The number of hydrogen-bond donors (Lipinski definition) is 7. The molecular weight excluding hydrogens is 626 g/mol. The largest absolute Gasteiger partial charge is 0.480 e. The lowest BCUT2D eigenvalue weighted by Crippen LogP contribution is -2.58. The molecule has 47 heavy (non-hydrogen) atoms. The molecular formula is C34H55N3O9S. The molecule has 0 saturated heterocycles. The normalized spacial score (nSPS) is 36.5. The topological polar surface area (TPSA) is 216 Å². The van der Waals surface area contributed by atoms with Gasteiger partial charge in [0.1, 0.15) is 18.6 Å². The Morgan fingerprint density at radius 2 is 1.60 bits per heavy atom. The highest BCUT2D eigenvalue weighted by Crippen LogP contribution is 2.68. The van der Waals surface area contributed by atoms with E-state index in [1.807, 2.05) is 0 Å². The van der Waals surface area contributed by atoms with Crippen LogP contribution in [0.1, 0.15) is 97.8 Å². The number of carbonyl (C=O) groups excluding carboxylic acids is 3. The van der Waals surface area contributed by atoms with Crippen LogP contribution in [0.15, 0.2) is 0 Å². The predicted molar refractivity (Wildman–Crippen MR) is 176 cm³/mol. The molecule has 12 nitrogen and oxygen atoms in total. The van der Waals surface area contributed by atoms with Gasteiger partial charge in [0, 0.05) is 18.6 Å². The Bertz CT molecular complexity index is 1190. The van der Waals surface area contributed by atoms with Gasteiger partial charge in [0.05, 0.1) is 12.2 Å². The molecule has 2 amide bonds.